The van der Waals surface area contributed by atoms with E-state index in [2.05, 4.69) is 0 Å². The Bertz CT molecular complexity index is 591. The molecular formula is C13H17F2NO4S. The van der Waals surface area contributed by atoms with Gasteiger partial charge in [-0.3, -0.25) is 0 Å². The summed E-state index contributed by atoms with van der Waals surface area (Å²) in [6.07, 6.45) is -6.07. The molecule has 3 atom stereocenters. The van der Waals surface area contributed by atoms with E-state index in [0.717, 1.165) is 9.87 Å². The van der Waals surface area contributed by atoms with E-state index in [1.165, 1.54) is 12.1 Å². The highest BCUT2D eigenvalue weighted by atomic mass is 32.2. The molecule has 0 bridgehead atoms. The summed E-state index contributed by atoms with van der Waals surface area (Å²) in [6.45, 7) is 0.872. The van der Waals surface area contributed by atoms with Gasteiger partial charge in [-0.2, -0.15) is 4.31 Å². The van der Waals surface area contributed by atoms with Crippen LogP contribution in [-0.4, -0.2) is 54.7 Å². The molecule has 0 aliphatic carbocycles. The number of nitrogens with zero attached hydrogens (tertiary/aromatic N) is 1. The van der Waals surface area contributed by atoms with Crippen LogP contribution in [0.1, 0.15) is 5.56 Å². The largest absolute Gasteiger partial charge is 0.390 e. The fourth-order valence-electron chi connectivity index (χ4n) is 2.30. The fraction of sp³-hybridized carbons (Fsp3) is 0.538. The minimum atomic E-state index is -3.97. The first-order valence-corrected chi connectivity index (χ1v) is 7.88. The molecule has 1 fully saturated rings. The number of halogens is 2. The third-order valence-corrected chi connectivity index (χ3v) is 5.47. The number of hydrogen-bond acceptors (Lipinski definition) is 4. The van der Waals surface area contributed by atoms with E-state index < -0.39 is 47.7 Å². The van der Waals surface area contributed by atoms with Crippen molar-refractivity contribution >= 4 is 10.0 Å². The van der Waals surface area contributed by atoms with E-state index in [0.29, 0.717) is 0 Å². The average molecular weight is 321 g/mol. The standard InChI is InChI=1S/C13H17F2NO4S/c1-8-2-4-9(5-3-8)21(19,20)16-6-10(13(14)15)12(18)11(17)7-16/h2-5,10-13,17-18H,6-7H2,1H3/t10?,11-,12-/m1/s1. The van der Waals surface area contributed by atoms with Crippen molar-refractivity contribution in [3.8, 4) is 0 Å². The lowest BCUT2D eigenvalue weighted by Gasteiger charge is -2.38. The molecule has 0 saturated carbocycles. The number of aliphatic hydroxyl groups is 2. The highest BCUT2D eigenvalue weighted by Gasteiger charge is 2.43. The lowest BCUT2D eigenvalue weighted by atomic mass is 9.94. The Hall–Kier alpha value is -1.09. The van der Waals surface area contributed by atoms with E-state index >= 15 is 0 Å². The third kappa shape index (κ3) is 3.23. The normalized spacial score (nSPS) is 28.0. The molecule has 0 radical (unpaired) electrons. The maximum atomic E-state index is 12.9. The summed E-state index contributed by atoms with van der Waals surface area (Å²) in [4.78, 5) is -0.0234. The SMILES string of the molecule is Cc1ccc(S(=O)(=O)N2CC(C(F)F)[C@@H](O)[C@H](O)C2)cc1. The van der Waals surface area contributed by atoms with Crippen LogP contribution in [0.15, 0.2) is 29.2 Å². The van der Waals surface area contributed by atoms with Crippen LogP contribution in [0.4, 0.5) is 8.78 Å². The Morgan fingerprint density at radius 2 is 1.76 bits per heavy atom. The molecule has 8 heteroatoms. The van der Waals surface area contributed by atoms with Crippen molar-refractivity contribution in [2.75, 3.05) is 13.1 Å². The molecule has 21 heavy (non-hydrogen) atoms. The minimum Gasteiger partial charge on any atom is -0.390 e. The molecule has 1 aromatic rings. The zero-order valence-corrected chi connectivity index (χ0v) is 12.2. The highest BCUT2D eigenvalue weighted by Crippen LogP contribution is 2.28. The Labute approximate surface area is 121 Å². The van der Waals surface area contributed by atoms with Crippen LogP contribution in [0.3, 0.4) is 0 Å². The number of benzene rings is 1. The van der Waals surface area contributed by atoms with Gasteiger partial charge in [-0.05, 0) is 19.1 Å². The minimum absolute atomic E-state index is 0.0234. The van der Waals surface area contributed by atoms with Crippen LogP contribution < -0.4 is 0 Å². The molecule has 1 aliphatic heterocycles. The molecule has 1 unspecified atom stereocenters. The van der Waals surface area contributed by atoms with Gasteiger partial charge < -0.3 is 10.2 Å². The number of aryl methyl sites for hydroxylation is 1. The van der Waals surface area contributed by atoms with Gasteiger partial charge >= 0.3 is 0 Å². The predicted octanol–water partition coefficient (Wildman–Crippen LogP) is 0.602. The van der Waals surface area contributed by atoms with Crippen molar-refractivity contribution in [3.05, 3.63) is 29.8 Å². The molecular weight excluding hydrogens is 304 g/mol. The van der Waals surface area contributed by atoms with Gasteiger partial charge in [0.15, 0.2) is 0 Å². The van der Waals surface area contributed by atoms with Crippen molar-refractivity contribution in [1.29, 1.82) is 0 Å². The monoisotopic (exact) mass is 321 g/mol. The van der Waals surface area contributed by atoms with Gasteiger partial charge in [-0.1, -0.05) is 17.7 Å². The zero-order valence-electron chi connectivity index (χ0n) is 11.4. The Kier molecular flexibility index (Phi) is 4.62. The van der Waals surface area contributed by atoms with Crippen molar-refractivity contribution in [2.24, 2.45) is 5.92 Å². The highest BCUT2D eigenvalue weighted by molar-refractivity contribution is 7.89. The van der Waals surface area contributed by atoms with Gasteiger partial charge in [0.1, 0.15) is 0 Å². The van der Waals surface area contributed by atoms with Crippen LogP contribution in [0.2, 0.25) is 0 Å². The molecule has 0 spiro atoms. The summed E-state index contributed by atoms with van der Waals surface area (Å²) < 4.78 is 51.3. The molecule has 1 aliphatic rings. The second-order valence-corrected chi connectivity index (χ2v) is 7.13. The lowest BCUT2D eigenvalue weighted by molar-refractivity contribution is -0.101. The van der Waals surface area contributed by atoms with Gasteiger partial charge in [0.05, 0.1) is 23.0 Å². The number of rotatable bonds is 3. The van der Waals surface area contributed by atoms with Crippen LogP contribution in [-0.2, 0) is 10.0 Å². The maximum absolute atomic E-state index is 12.9. The van der Waals surface area contributed by atoms with E-state index in [1.807, 2.05) is 0 Å². The molecule has 118 valence electrons. The number of hydrogen-bond donors (Lipinski definition) is 2. The second-order valence-electron chi connectivity index (χ2n) is 5.19. The van der Waals surface area contributed by atoms with E-state index in [-0.39, 0.29) is 4.90 Å². The van der Waals surface area contributed by atoms with Gasteiger partial charge in [0.25, 0.3) is 0 Å². The fourth-order valence-corrected chi connectivity index (χ4v) is 3.80. The number of piperidine rings is 1. The second kappa shape index (κ2) is 5.96. The third-order valence-electron chi connectivity index (χ3n) is 3.62. The summed E-state index contributed by atoms with van der Waals surface area (Å²) in [7, 11) is -3.97. The summed E-state index contributed by atoms with van der Waals surface area (Å²) >= 11 is 0. The van der Waals surface area contributed by atoms with E-state index in [9.17, 15) is 27.4 Å². The first-order chi connectivity index (χ1) is 9.73. The van der Waals surface area contributed by atoms with Gasteiger partial charge in [-0.25, -0.2) is 17.2 Å². The molecule has 2 N–H and O–H groups in total. The van der Waals surface area contributed by atoms with Crippen molar-refractivity contribution in [3.63, 3.8) is 0 Å². The maximum Gasteiger partial charge on any atom is 0.245 e. The lowest BCUT2D eigenvalue weighted by Crippen LogP contribution is -2.55. The molecule has 0 aromatic heterocycles. The smallest absolute Gasteiger partial charge is 0.245 e. The predicted molar refractivity (Wildman–Crippen MR) is 71.4 cm³/mol. The zero-order chi connectivity index (χ0) is 15.8. The molecule has 5 nitrogen and oxygen atoms in total. The molecule has 0 amide bonds. The summed E-state index contributed by atoms with van der Waals surface area (Å²) in [5.41, 5.74) is 0.869. The Balaban J connectivity index is 2.30. The topological polar surface area (TPSA) is 77.8 Å². The molecule has 1 heterocycles. The first kappa shape index (κ1) is 16.3. The summed E-state index contributed by atoms with van der Waals surface area (Å²) in [5.74, 6) is -1.60. The van der Waals surface area contributed by atoms with Crippen LogP contribution in [0, 0.1) is 12.8 Å². The number of alkyl halides is 2. The Morgan fingerprint density at radius 1 is 1.19 bits per heavy atom. The summed E-state index contributed by atoms with van der Waals surface area (Å²) in [5, 5.41) is 19.2. The van der Waals surface area contributed by atoms with Crippen molar-refractivity contribution in [2.45, 2.75) is 30.5 Å². The number of aliphatic hydroxyl groups excluding tert-OH is 2. The van der Waals surface area contributed by atoms with E-state index in [4.69, 9.17) is 0 Å². The van der Waals surface area contributed by atoms with Crippen LogP contribution in [0.25, 0.3) is 0 Å². The van der Waals surface area contributed by atoms with Crippen LogP contribution >= 0.6 is 0 Å². The number of β-amino-alcohol motifs (C(OH)–C–C–N with tert-alkyl or cyclic N) is 1. The molecule has 1 aromatic carbocycles. The van der Waals surface area contributed by atoms with E-state index in [1.54, 1.807) is 19.1 Å². The Morgan fingerprint density at radius 3 is 2.29 bits per heavy atom. The van der Waals surface area contributed by atoms with Crippen LogP contribution in [0.5, 0.6) is 0 Å². The molecule has 2 rings (SSSR count). The van der Waals surface area contributed by atoms with Gasteiger partial charge in [0, 0.05) is 13.1 Å². The van der Waals surface area contributed by atoms with Crippen molar-refractivity contribution < 1.29 is 27.4 Å². The quantitative estimate of drug-likeness (QED) is 0.855. The first-order valence-electron chi connectivity index (χ1n) is 6.44. The number of sulfonamides is 1. The summed E-state index contributed by atoms with van der Waals surface area (Å²) in [6, 6.07) is 5.98. The van der Waals surface area contributed by atoms with Gasteiger partial charge in [-0.15, -0.1) is 0 Å². The molecule has 1 saturated heterocycles. The average Bonchev–Trinajstić information content (AvgIpc) is 2.41. The van der Waals surface area contributed by atoms with Crippen molar-refractivity contribution in [1.82, 2.24) is 4.31 Å². The van der Waals surface area contributed by atoms with Gasteiger partial charge in [0.2, 0.25) is 16.4 Å².